The van der Waals surface area contributed by atoms with Gasteiger partial charge in [-0.2, -0.15) is 0 Å². The molecule has 0 radical (unpaired) electrons. The van der Waals surface area contributed by atoms with Crippen molar-refractivity contribution in [3.63, 3.8) is 0 Å². The fourth-order valence-electron chi connectivity index (χ4n) is 0.995. The first-order valence-corrected chi connectivity index (χ1v) is 6.23. The molecule has 0 heterocycles. The van der Waals surface area contributed by atoms with Gasteiger partial charge in [0.25, 0.3) is 0 Å². The van der Waals surface area contributed by atoms with Crippen LogP contribution in [0.3, 0.4) is 0 Å². The van der Waals surface area contributed by atoms with Gasteiger partial charge in [-0.15, -0.1) is 6.58 Å². The molecule has 0 unspecified atom stereocenters. The van der Waals surface area contributed by atoms with E-state index >= 15 is 0 Å². The summed E-state index contributed by atoms with van der Waals surface area (Å²) < 4.78 is 0. The number of hydrogen-bond acceptors (Lipinski definition) is 0. The van der Waals surface area contributed by atoms with E-state index in [2.05, 4.69) is 58.5 Å². The van der Waals surface area contributed by atoms with Crippen LogP contribution < -0.4 is 0 Å². The summed E-state index contributed by atoms with van der Waals surface area (Å²) in [6, 6.07) is 8.38. The van der Waals surface area contributed by atoms with E-state index in [1.807, 2.05) is 19.9 Å². The van der Waals surface area contributed by atoms with Crippen molar-refractivity contribution in [1.29, 1.82) is 0 Å². The van der Waals surface area contributed by atoms with Gasteiger partial charge in [-0.1, -0.05) is 65.0 Å². The molecule has 0 nitrogen and oxygen atoms in total. The van der Waals surface area contributed by atoms with E-state index in [0.717, 1.165) is 12.3 Å². The van der Waals surface area contributed by atoms with E-state index in [1.54, 1.807) is 0 Å². The highest BCUT2D eigenvalue weighted by Crippen LogP contribution is 2.07. The molecule has 0 aliphatic heterocycles. The van der Waals surface area contributed by atoms with Crippen molar-refractivity contribution in [2.24, 2.45) is 5.92 Å². The van der Waals surface area contributed by atoms with Crippen molar-refractivity contribution < 1.29 is 0 Å². The minimum atomic E-state index is 0.833. The van der Waals surface area contributed by atoms with Crippen LogP contribution in [0.1, 0.15) is 45.7 Å². The van der Waals surface area contributed by atoms with E-state index in [4.69, 9.17) is 0 Å². The van der Waals surface area contributed by atoms with E-state index in [-0.39, 0.29) is 0 Å². The third-order valence-electron chi connectivity index (χ3n) is 1.63. The lowest BCUT2D eigenvalue weighted by atomic mass is 10.1. The molecule has 0 bridgehead atoms. The Labute approximate surface area is 102 Å². The molecule has 0 amide bonds. The van der Waals surface area contributed by atoms with Gasteiger partial charge in [-0.25, -0.2) is 0 Å². The van der Waals surface area contributed by atoms with Crippen LogP contribution in [0.5, 0.6) is 0 Å². The highest BCUT2D eigenvalue weighted by atomic mass is 14.0. The Morgan fingerprint density at radius 1 is 1.12 bits per heavy atom. The summed E-state index contributed by atoms with van der Waals surface area (Å²) in [5, 5.41) is 0. The first-order valence-electron chi connectivity index (χ1n) is 6.23. The lowest BCUT2D eigenvalue weighted by Gasteiger charge is -1.99. The monoisotopic (exact) mass is 220 g/mol. The summed E-state index contributed by atoms with van der Waals surface area (Å²) >= 11 is 0. The maximum atomic E-state index is 3.70. The molecule has 0 N–H and O–H groups in total. The number of hydrogen-bond donors (Lipinski definition) is 0. The fourth-order valence-corrected chi connectivity index (χ4v) is 0.995. The normalized spacial score (nSPS) is 8.44. The van der Waals surface area contributed by atoms with Gasteiger partial charge < -0.3 is 0 Å². The molecule has 1 aromatic rings. The molecule has 0 heteroatoms. The Morgan fingerprint density at radius 3 is 1.94 bits per heavy atom. The van der Waals surface area contributed by atoms with Gasteiger partial charge >= 0.3 is 0 Å². The second-order valence-corrected chi connectivity index (χ2v) is 4.15. The lowest BCUT2D eigenvalue weighted by Crippen LogP contribution is -1.83. The van der Waals surface area contributed by atoms with E-state index < -0.39 is 0 Å². The van der Waals surface area contributed by atoms with Gasteiger partial charge in [0.05, 0.1) is 0 Å². The molecular formula is C16H28. The predicted octanol–water partition coefficient (Wildman–Crippen LogP) is 5.41. The zero-order valence-electron chi connectivity index (χ0n) is 11.9. The van der Waals surface area contributed by atoms with Crippen molar-refractivity contribution in [3.8, 4) is 0 Å². The zero-order chi connectivity index (χ0) is 13.0. The number of benzene rings is 1. The molecule has 16 heavy (non-hydrogen) atoms. The Balaban J connectivity index is 0. The molecule has 0 aliphatic rings. The Bertz CT molecular complexity index is 256. The zero-order valence-corrected chi connectivity index (χ0v) is 11.9. The minimum absolute atomic E-state index is 0.833. The molecule has 0 atom stereocenters. The standard InChI is InChI=1S/C10H12.C4H10.C2H6/c1-3-6-10-8-5-4-7-9(10)2;1-4(2)3;1-2/h3-5,7-8H,1,6H2,2H3;4H,1-3H3;1-2H3. The van der Waals surface area contributed by atoms with E-state index in [0.29, 0.717) is 0 Å². The number of rotatable bonds is 2. The first-order chi connectivity index (χ1) is 7.57. The second kappa shape index (κ2) is 12.0. The van der Waals surface area contributed by atoms with Crippen LogP contribution in [-0.2, 0) is 6.42 Å². The van der Waals surface area contributed by atoms with Crippen LogP contribution >= 0.6 is 0 Å². The minimum Gasteiger partial charge on any atom is -0.103 e. The summed E-state index contributed by atoms with van der Waals surface area (Å²) in [6.45, 7) is 16.3. The van der Waals surface area contributed by atoms with Crippen LogP contribution in [0.15, 0.2) is 36.9 Å². The Morgan fingerprint density at radius 2 is 1.56 bits per heavy atom. The molecule has 0 aliphatic carbocycles. The predicted molar refractivity (Wildman–Crippen MR) is 76.9 cm³/mol. The molecule has 0 aromatic heterocycles. The van der Waals surface area contributed by atoms with E-state index in [1.165, 1.54) is 11.1 Å². The van der Waals surface area contributed by atoms with Gasteiger partial charge in [0, 0.05) is 0 Å². The molecule has 0 saturated carbocycles. The number of allylic oxidation sites excluding steroid dienone is 1. The van der Waals surface area contributed by atoms with Crippen LogP contribution in [0.4, 0.5) is 0 Å². The molecule has 0 saturated heterocycles. The van der Waals surface area contributed by atoms with Crippen molar-refractivity contribution in [2.75, 3.05) is 0 Å². The molecule has 0 fully saturated rings. The third-order valence-corrected chi connectivity index (χ3v) is 1.63. The fraction of sp³-hybridized carbons (Fsp3) is 0.500. The summed E-state index contributed by atoms with van der Waals surface area (Å²) in [4.78, 5) is 0. The third kappa shape index (κ3) is 11.0. The van der Waals surface area contributed by atoms with Gasteiger partial charge in [0.2, 0.25) is 0 Å². The summed E-state index contributed by atoms with van der Waals surface area (Å²) in [5.74, 6) is 0.833. The average Bonchev–Trinajstić information content (AvgIpc) is 2.24. The smallest absolute Gasteiger partial charge is 0.00975 e. The largest absolute Gasteiger partial charge is 0.103 e. The quantitative estimate of drug-likeness (QED) is 0.584. The Hall–Kier alpha value is -1.04. The van der Waals surface area contributed by atoms with Crippen LogP contribution in [-0.4, -0.2) is 0 Å². The van der Waals surface area contributed by atoms with Crippen molar-refractivity contribution in [1.82, 2.24) is 0 Å². The van der Waals surface area contributed by atoms with Gasteiger partial charge in [-0.3, -0.25) is 0 Å². The summed E-state index contributed by atoms with van der Waals surface area (Å²) in [7, 11) is 0. The Kier molecular flexibility index (Phi) is 13.1. The second-order valence-electron chi connectivity index (χ2n) is 4.15. The number of aryl methyl sites for hydroxylation is 1. The summed E-state index contributed by atoms with van der Waals surface area (Å²) in [6.07, 6.45) is 2.91. The molecule has 92 valence electrons. The summed E-state index contributed by atoms with van der Waals surface area (Å²) in [5.41, 5.74) is 2.72. The average molecular weight is 220 g/mol. The van der Waals surface area contributed by atoms with Crippen LogP contribution in [0.2, 0.25) is 0 Å². The highest BCUT2D eigenvalue weighted by Gasteiger charge is 1.90. The highest BCUT2D eigenvalue weighted by molar-refractivity contribution is 5.26. The van der Waals surface area contributed by atoms with Crippen LogP contribution in [0.25, 0.3) is 0 Å². The maximum absolute atomic E-state index is 3.70. The first kappa shape index (κ1) is 17.4. The molecule has 1 aromatic carbocycles. The van der Waals surface area contributed by atoms with Crippen molar-refractivity contribution in [3.05, 3.63) is 48.0 Å². The van der Waals surface area contributed by atoms with E-state index in [9.17, 15) is 0 Å². The molecule has 1 rings (SSSR count). The van der Waals surface area contributed by atoms with Crippen LogP contribution in [0, 0.1) is 12.8 Å². The maximum Gasteiger partial charge on any atom is -0.00975 e. The van der Waals surface area contributed by atoms with Gasteiger partial charge in [0.15, 0.2) is 0 Å². The van der Waals surface area contributed by atoms with Crippen molar-refractivity contribution >= 4 is 0 Å². The van der Waals surface area contributed by atoms with Crippen molar-refractivity contribution in [2.45, 2.75) is 48.0 Å². The molecule has 0 spiro atoms. The van der Waals surface area contributed by atoms with Gasteiger partial charge in [-0.05, 0) is 30.4 Å². The van der Waals surface area contributed by atoms with Gasteiger partial charge in [0.1, 0.15) is 0 Å². The lowest BCUT2D eigenvalue weighted by molar-refractivity contribution is 0.737. The SMILES string of the molecule is C=CCc1ccccc1C.CC.CC(C)C. The molecular weight excluding hydrogens is 192 g/mol. The topological polar surface area (TPSA) is 0 Å².